The molecule has 1 aliphatic carbocycles. The molecule has 0 spiro atoms. The Hall–Kier alpha value is -2.82. The van der Waals surface area contributed by atoms with Gasteiger partial charge in [-0.05, 0) is 32.8 Å². The van der Waals surface area contributed by atoms with Gasteiger partial charge in [-0.25, -0.2) is 4.99 Å². The average molecular weight is 771 g/mol. The zero-order chi connectivity index (χ0) is 39.2. The third-order valence-electron chi connectivity index (χ3n) is 8.93. The number of guanidine groups is 2. The van der Waals surface area contributed by atoms with Gasteiger partial charge in [0.15, 0.2) is 24.5 Å². The van der Waals surface area contributed by atoms with Crippen LogP contribution < -0.4 is 62.5 Å². The Morgan fingerprint density at radius 3 is 2.13 bits per heavy atom. The molecule has 0 bridgehead atoms. The summed E-state index contributed by atoms with van der Waals surface area (Å²) in [6.07, 6.45) is -16.9. The van der Waals surface area contributed by atoms with Crippen LogP contribution >= 0.6 is 0 Å². The van der Waals surface area contributed by atoms with Crippen LogP contribution in [0.4, 0.5) is 5.69 Å². The number of nitrogens with two attached hydrogens (primary N) is 3. The van der Waals surface area contributed by atoms with Gasteiger partial charge in [0.05, 0.1) is 43.1 Å². The van der Waals surface area contributed by atoms with Gasteiger partial charge < -0.3 is 103 Å². The van der Waals surface area contributed by atoms with Crippen molar-refractivity contribution in [1.82, 2.24) is 10.6 Å². The Labute approximate surface area is 324 Å². The molecule has 0 aromatic heterocycles. The molecule has 3 aliphatic rings. The Balaban J connectivity index is 0.000000634. The van der Waals surface area contributed by atoms with Gasteiger partial charge in [-0.1, -0.05) is 0 Å². The maximum atomic E-state index is 11.3. The summed E-state index contributed by atoms with van der Waals surface area (Å²) >= 11 is 0. The molecule has 0 radical (unpaired) electrons. The van der Waals surface area contributed by atoms with Crippen molar-refractivity contribution >= 4 is 30.3 Å². The van der Waals surface area contributed by atoms with Crippen molar-refractivity contribution in [3.8, 4) is 5.75 Å². The second kappa shape index (κ2) is 19.7. The molecule has 294 valence electrons. The van der Waals surface area contributed by atoms with Crippen molar-refractivity contribution in [2.75, 3.05) is 20.3 Å². The van der Waals surface area contributed by atoms with E-state index < -0.39 is 122 Å². The van der Waals surface area contributed by atoms with E-state index in [1.54, 1.807) is 0 Å². The molecular formula is C29H47N8NaO15. The molecule has 53 heavy (non-hydrogen) atoms. The summed E-state index contributed by atoms with van der Waals surface area (Å²) in [5, 5.41) is 116. The van der Waals surface area contributed by atoms with Crippen LogP contribution in [0, 0.1) is 5.41 Å². The van der Waals surface area contributed by atoms with Crippen LogP contribution in [0.5, 0.6) is 5.75 Å². The summed E-state index contributed by atoms with van der Waals surface area (Å²) in [6.45, 7) is 3.02. The number of aliphatic hydroxyl groups is 8. The third kappa shape index (κ3) is 10.3. The van der Waals surface area contributed by atoms with Gasteiger partial charge >= 0.3 is 29.6 Å². The van der Waals surface area contributed by atoms with Crippen LogP contribution in [-0.4, -0.2) is 182 Å². The quantitative estimate of drug-likeness (QED) is 0.0564. The number of aliphatic imine (C=N–C) groups is 2. The van der Waals surface area contributed by atoms with Gasteiger partial charge in [-0.3, -0.25) is 10.4 Å². The molecule has 1 saturated carbocycles. The standard InChI is InChI=1S/C21H41N7O12.C8H7NO3.Na/c1-5-21(36,4-30)16(40-17-9(26-2)13(34)10(31)6(3-29)38-17)18(37-5)39-15-8(28-20(24)25)11(32)7(27-19(22)23)12(33)14(15)35;1-9-5-2-3-6(8(11)12)7(10)4-5;/h5-18,26,29-36H,3-4H2,1-2H3,(H4,22,23,27)(H4,24,25,28);2-4,10H,1H2,(H,11,12);/q;;+1/p-1/t5-,6-,7+,8-,9-,10-,11+,12-,13-,14+,15+,16-,17-,18-,21+;;/m0../s1. The molecule has 3 fully saturated rings. The van der Waals surface area contributed by atoms with E-state index >= 15 is 0 Å². The third-order valence-corrected chi connectivity index (χ3v) is 8.93. The van der Waals surface area contributed by atoms with Gasteiger partial charge in [0.2, 0.25) is 0 Å². The molecule has 0 amide bonds. The van der Waals surface area contributed by atoms with Crippen molar-refractivity contribution < 1.29 is 104 Å². The summed E-state index contributed by atoms with van der Waals surface area (Å²) in [5.41, 5.74) is 14.4. The Kier molecular flexibility index (Phi) is 17.2. The second-order valence-electron chi connectivity index (χ2n) is 12.2. The molecule has 23 nitrogen and oxygen atoms in total. The molecule has 2 saturated heterocycles. The zero-order valence-electron chi connectivity index (χ0n) is 29.0. The van der Waals surface area contributed by atoms with E-state index in [2.05, 4.69) is 27.3 Å². The first-order valence-electron chi connectivity index (χ1n) is 15.7. The molecular weight excluding hydrogens is 723 g/mol. The largest absolute Gasteiger partial charge is 1.00 e. The van der Waals surface area contributed by atoms with E-state index in [4.69, 9.17) is 46.7 Å². The van der Waals surface area contributed by atoms with E-state index in [0.29, 0.717) is 5.69 Å². The second-order valence-corrected chi connectivity index (χ2v) is 12.2. The molecule has 2 aliphatic heterocycles. The number of ether oxygens (including phenoxy) is 4. The molecule has 4 rings (SSSR count). The van der Waals surface area contributed by atoms with Crippen molar-refractivity contribution in [1.29, 1.82) is 5.41 Å². The van der Waals surface area contributed by atoms with Crippen LogP contribution in [0.25, 0.3) is 0 Å². The maximum absolute atomic E-state index is 11.3. The fourth-order valence-electron chi connectivity index (χ4n) is 6.01. The molecule has 2 heterocycles. The predicted molar refractivity (Wildman–Crippen MR) is 175 cm³/mol. The smallest absolute Gasteiger partial charge is 0.545 e. The molecule has 15 atom stereocenters. The van der Waals surface area contributed by atoms with E-state index in [1.807, 2.05) is 0 Å². The number of aromatic carboxylic acids is 1. The van der Waals surface area contributed by atoms with E-state index in [0.717, 1.165) is 0 Å². The van der Waals surface area contributed by atoms with E-state index in [1.165, 1.54) is 32.2 Å². The van der Waals surface area contributed by atoms with Gasteiger partial charge in [0.1, 0.15) is 66.2 Å². The zero-order valence-corrected chi connectivity index (χ0v) is 31.0. The van der Waals surface area contributed by atoms with E-state index in [-0.39, 0.29) is 40.9 Å². The number of likely N-dealkylation sites (N-methyl/N-ethyl adjacent to an activating group) is 1. The van der Waals surface area contributed by atoms with Gasteiger partial charge in [0.25, 0.3) is 0 Å². The van der Waals surface area contributed by atoms with Crippen LogP contribution in [0.1, 0.15) is 17.3 Å². The minimum Gasteiger partial charge on any atom is -0.545 e. The first-order valence-corrected chi connectivity index (χ1v) is 15.7. The average Bonchev–Trinajstić information content (AvgIpc) is 3.32. The number of carboxylic acid groups (broad SMARTS) is 1. The number of aromatic hydroxyl groups is 1. The number of rotatable bonds is 11. The number of carbonyl (C=O) groups excluding carboxylic acids is 1. The van der Waals surface area contributed by atoms with Crippen molar-refractivity contribution in [3.63, 3.8) is 0 Å². The fourth-order valence-corrected chi connectivity index (χ4v) is 6.01. The molecule has 18 N–H and O–H groups in total. The number of benzene rings is 1. The normalized spacial score (nSPS) is 38.0. The van der Waals surface area contributed by atoms with Gasteiger partial charge in [-0.15, -0.1) is 0 Å². The molecule has 1 aromatic carbocycles. The summed E-state index contributed by atoms with van der Waals surface area (Å²) in [5.74, 6) is -2.91. The number of nitrogens with one attached hydrogen (secondary N) is 3. The Morgan fingerprint density at radius 2 is 1.64 bits per heavy atom. The molecule has 24 heteroatoms. The van der Waals surface area contributed by atoms with Crippen LogP contribution in [-0.2, 0) is 18.9 Å². The molecule has 0 unspecified atom stereocenters. The number of carboxylic acids is 1. The van der Waals surface area contributed by atoms with Crippen molar-refractivity contribution in [2.45, 2.75) is 98.2 Å². The van der Waals surface area contributed by atoms with E-state index in [9.17, 15) is 50.8 Å². The first kappa shape index (κ1) is 46.3. The number of aliphatic hydroxyl groups excluding tert-OH is 7. The summed E-state index contributed by atoms with van der Waals surface area (Å²) in [4.78, 5) is 17.7. The summed E-state index contributed by atoms with van der Waals surface area (Å²) < 4.78 is 23.2. The number of hydrogen-bond donors (Lipinski definition) is 15. The monoisotopic (exact) mass is 770 g/mol. The summed E-state index contributed by atoms with van der Waals surface area (Å²) in [6, 6.07) is -0.0889. The Morgan fingerprint density at radius 1 is 1.02 bits per heavy atom. The van der Waals surface area contributed by atoms with Gasteiger partial charge in [0, 0.05) is 11.6 Å². The number of phenols is 1. The minimum absolute atomic E-state index is 0. The van der Waals surface area contributed by atoms with Crippen molar-refractivity contribution in [3.05, 3.63) is 23.8 Å². The minimum atomic E-state index is -2.15. The van der Waals surface area contributed by atoms with Crippen LogP contribution in [0.15, 0.2) is 28.2 Å². The fraction of sp³-hybridized carbons (Fsp3) is 0.655. The summed E-state index contributed by atoms with van der Waals surface area (Å²) in [7, 11) is 1.44. The maximum Gasteiger partial charge on any atom is 1.00 e. The van der Waals surface area contributed by atoms with Gasteiger partial charge in [-0.2, -0.15) is 0 Å². The number of carbonyl (C=O) groups is 1. The number of hydrogen-bond acceptors (Lipinski definition) is 19. The SMILES string of the molecule is C=Nc1ccc(C(=O)[O-])c(O)c1.CN[C@@H]1[C@H](O[C@H]2[C@H](O[C@H]3[C@H](O)[C@@H](O)[C@H](NC(=N)N)[C@@H](O)[C@@H]3N=C(N)N)O[C@@H](C)[C@]2(O)CO)O[C@@H](CO)[C@H](O)[C@H]1O.[Na+]. The van der Waals surface area contributed by atoms with Crippen LogP contribution in [0.2, 0.25) is 0 Å². The topological polar surface area (TPSA) is 410 Å². The first-order chi connectivity index (χ1) is 24.4. The number of nitrogens with zero attached hydrogens (tertiary/aromatic N) is 2. The molecule has 1 aromatic rings. The predicted octanol–water partition coefficient (Wildman–Crippen LogP) is -11.1. The van der Waals surface area contributed by atoms with Crippen LogP contribution in [0.3, 0.4) is 0 Å². The Bertz CT molecular complexity index is 1430. The van der Waals surface area contributed by atoms with Crippen molar-refractivity contribution in [2.24, 2.45) is 27.2 Å².